The van der Waals surface area contributed by atoms with Crippen LogP contribution in [0.25, 0.3) is 0 Å². The predicted octanol–water partition coefficient (Wildman–Crippen LogP) is 2.47. The lowest BCUT2D eigenvalue weighted by atomic mass is 9.70. The van der Waals surface area contributed by atoms with Crippen LogP contribution in [0.2, 0.25) is 0 Å². The van der Waals surface area contributed by atoms with E-state index in [1.807, 2.05) is 0 Å². The molecule has 0 atom stereocenters. The Labute approximate surface area is 94.0 Å². The van der Waals surface area contributed by atoms with Crippen molar-refractivity contribution in [2.45, 2.75) is 32.7 Å². The van der Waals surface area contributed by atoms with Crippen molar-refractivity contribution < 1.29 is 9.34 Å². The van der Waals surface area contributed by atoms with Gasteiger partial charge in [-0.1, -0.05) is 13.3 Å². The summed E-state index contributed by atoms with van der Waals surface area (Å²) in [6.07, 6.45) is 3.83. The molecule has 5 heteroatoms. The predicted molar refractivity (Wildman–Crippen MR) is 59.0 cm³/mol. The van der Waals surface area contributed by atoms with Crippen molar-refractivity contribution >= 4 is 5.88 Å². The third kappa shape index (κ3) is 2.41. The number of rotatable bonds is 5. The molecule has 1 aromatic heterocycles. The maximum absolute atomic E-state index is 10.4. The maximum atomic E-state index is 10.4. The Balaban J connectivity index is 1.78. The molecule has 2 rings (SSSR count). The van der Waals surface area contributed by atoms with Gasteiger partial charge in [0.25, 0.3) is 0 Å². The van der Waals surface area contributed by atoms with Crippen molar-refractivity contribution in [1.82, 2.24) is 5.32 Å². The Morgan fingerprint density at radius 1 is 1.56 bits per heavy atom. The maximum Gasteiger partial charge on any atom is 0.433 e. The van der Waals surface area contributed by atoms with E-state index in [-0.39, 0.29) is 5.88 Å². The molecule has 1 aromatic rings. The van der Waals surface area contributed by atoms with Crippen LogP contribution >= 0.6 is 0 Å². The van der Waals surface area contributed by atoms with Crippen molar-refractivity contribution in [1.29, 1.82) is 0 Å². The molecular weight excluding hydrogens is 208 g/mol. The number of nitrogens with one attached hydrogen (secondary N) is 1. The van der Waals surface area contributed by atoms with E-state index in [0.29, 0.717) is 17.7 Å². The minimum absolute atomic E-state index is 0.188. The summed E-state index contributed by atoms with van der Waals surface area (Å²) in [5, 5.41) is 13.7. The quantitative estimate of drug-likeness (QED) is 0.616. The van der Waals surface area contributed by atoms with E-state index < -0.39 is 4.92 Å². The van der Waals surface area contributed by atoms with Crippen LogP contribution < -0.4 is 5.32 Å². The van der Waals surface area contributed by atoms with Gasteiger partial charge in [-0.05, 0) is 24.3 Å². The molecule has 1 aliphatic carbocycles. The van der Waals surface area contributed by atoms with Crippen LogP contribution in [0.15, 0.2) is 16.5 Å². The molecule has 1 fully saturated rings. The van der Waals surface area contributed by atoms with E-state index in [9.17, 15) is 10.1 Å². The van der Waals surface area contributed by atoms with Crippen LogP contribution in [0.5, 0.6) is 0 Å². The van der Waals surface area contributed by atoms with Crippen LogP contribution in [0.1, 0.15) is 31.9 Å². The van der Waals surface area contributed by atoms with Gasteiger partial charge in [0, 0.05) is 6.54 Å². The fraction of sp³-hybridized carbons (Fsp3) is 0.636. The van der Waals surface area contributed by atoms with Crippen LogP contribution in [-0.2, 0) is 6.54 Å². The fourth-order valence-electron chi connectivity index (χ4n) is 2.00. The third-order valence-corrected chi connectivity index (χ3v) is 3.24. The number of nitrogens with zero attached hydrogens (tertiary/aromatic N) is 1. The summed E-state index contributed by atoms with van der Waals surface area (Å²) < 4.78 is 5.05. The molecule has 1 N–H and O–H groups in total. The molecule has 0 amide bonds. The van der Waals surface area contributed by atoms with Gasteiger partial charge in [0.2, 0.25) is 0 Å². The summed E-state index contributed by atoms with van der Waals surface area (Å²) in [7, 11) is 0. The molecule has 1 heterocycles. The number of hydrogen-bond donors (Lipinski definition) is 1. The first-order valence-corrected chi connectivity index (χ1v) is 5.53. The topological polar surface area (TPSA) is 68.3 Å². The highest BCUT2D eigenvalue weighted by molar-refractivity contribution is 5.17. The van der Waals surface area contributed by atoms with Crippen molar-refractivity contribution in [3.05, 3.63) is 28.0 Å². The van der Waals surface area contributed by atoms with Crippen molar-refractivity contribution in [3.63, 3.8) is 0 Å². The molecular formula is C11H16N2O3. The van der Waals surface area contributed by atoms with Gasteiger partial charge in [-0.25, -0.2) is 0 Å². The van der Waals surface area contributed by atoms with Crippen LogP contribution in [0.4, 0.5) is 5.88 Å². The molecule has 16 heavy (non-hydrogen) atoms. The second-order valence-corrected chi connectivity index (χ2v) is 4.76. The van der Waals surface area contributed by atoms with E-state index in [1.165, 1.54) is 25.3 Å². The molecule has 5 nitrogen and oxygen atoms in total. The monoisotopic (exact) mass is 224 g/mol. The zero-order valence-corrected chi connectivity index (χ0v) is 9.36. The van der Waals surface area contributed by atoms with Crippen molar-refractivity contribution in [2.75, 3.05) is 6.54 Å². The minimum atomic E-state index is -0.517. The summed E-state index contributed by atoms with van der Waals surface area (Å²) in [4.78, 5) is 9.88. The lowest BCUT2D eigenvalue weighted by Crippen LogP contribution is -2.36. The van der Waals surface area contributed by atoms with Gasteiger partial charge >= 0.3 is 5.88 Å². The van der Waals surface area contributed by atoms with Gasteiger partial charge in [0.05, 0.1) is 12.6 Å². The zero-order valence-electron chi connectivity index (χ0n) is 9.36. The molecule has 1 aliphatic rings. The highest BCUT2D eigenvalue weighted by atomic mass is 16.6. The average Bonchev–Trinajstić information content (AvgIpc) is 2.64. The second kappa shape index (κ2) is 4.25. The third-order valence-electron chi connectivity index (χ3n) is 3.24. The SMILES string of the molecule is CC1(CNCc2ccc([N+](=O)[O-])o2)CCC1. The number of nitro groups is 1. The lowest BCUT2D eigenvalue weighted by molar-refractivity contribution is -0.402. The van der Waals surface area contributed by atoms with Crippen molar-refractivity contribution in [3.8, 4) is 0 Å². The number of furan rings is 1. The van der Waals surface area contributed by atoms with Crippen LogP contribution in [0, 0.1) is 15.5 Å². The Hall–Kier alpha value is -1.36. The van der Waals surface area contributed by atoms with Crippen LogP contribution in [0.3, 0.4) is 0 Å². The summed E-state index contributed by atoms with van der Waals surface area (Å²) in [5.41, 5.74) is 0.415. The van der Waals surface area contributed by atoms with E-state index >= 15 is 0 Å². The van der Waals surface area contributed by atoms with Gasteiger partial charge in [-0.3, -0.25) is 10.1 Å². The van der Waals surface area contributed by atoms with E-state index in [2.05, 4.69) is 12.2 Å². The molecule has 0 bridgehead atoms. The van der Waals surface area contributed by atoms with E-state index in [0.717, 1.165) is 6.54 Å². The van der Waals surface area contributed by atoms with Gasteiger partial charge < -0.3 is 9.73 Å². The smallest absolute Gasteiger partial charge is 0.404 e. The van der Waals surface area contributed by atoms with E-state index in [1.54, 1.807) is 6.07 Å². The summed E-state index contributed by atoms with van der Waals surface area (Å²) in [6, 6.07) is 3.04. The van der Waals surface area contributed by atoms with E-state index in [4.69, 9.17) is 4.42 Å². The standard InChI is InChI=1S/C11H16N2O3/c1-11(5-2-6-11)8-12-7-9-3-4-10(16-9)13(14)15/h3-4,12H,2,5-8H2,1H3. The Morgan fingerprint density at radius 3 is 2.81 bits per heavy atom. The molecule has 0 spiro atoms. The van der Waals surface area contributed by atoms with Crippen molar-refractivity contribution in [2.24, 2.45) is 5.41 Å². The molecule has 1 saturated carbocycles. The average molecular weight is 224 g/mol. The normalized spacial score (nSPS) is 18.1. The van der Waals surface area contributed by atoms with Gasteiger partial charge in [-0.2, -0.15) is 0 Å². The Bertz CT molecular complexity index is 382. The number of hydrogen-bond acceptors (Lipinski definition) is 4. The summed E-state index contributed by atoms with van der Waals surface area (Å²) in [5.74, 6) is 0.432. The highest BCUT2D eigenvalue weighted by Crippen LogP contribution is 2.39. The Morgan fingerprint density at radius 2 is 2.31 bits per heavy atom. The zero-order chi connectivity index (χ0) is 11.6. The summed E-state index contributed by atoms with van der Waals surface area (Å²) in [6.45, 7) is 3.76. The summed E-state index contributed by atoms with van der Waals surface area (Å²) >= 11 is 0. The molecule has 0 aromatic carbocycles. The largest absolute Gasteiger partial charge is 0.433 e. The first kappa shape index (κ1) is 11.1. The first-order chi connectivity index (χ1) is 7.59. The van der Waals surface area contributed by atoms with Crippen LogP contribution in [-0.4, -0.2) is 11.5 Å². The highest BCUT2D eigenvalue weighted by Gasteiger charge is 2.31. The Kier molecular flexibility index (Phi) is 2.96. The second-order valence-electron chi connectivity index (χ2n) is 4.76. The molecule has 0 aliphatic heterocycles. The molecule has 0 unspecified atom stereocenters. The van der Waals surface area contributed by atoms with Gasteiger partial charge in [0.15, 0.2) is 0 Å². The van der Waals surface area contributed by atoms with Gasteiger partial charge in [-0.15, -0.1) is 0 Å². The molecule has 0 saturated heterocycles. The lowest BCUT2D eigenvalue weighted by Gasteiger charge is -2.38. The minimum Gasteiger partial charge on any atom is -0.404 e. The first-order valence-electron chi connectivity index (χ1n) is 5.53. The fourth-order valence-corrected chi connectivity index (χ4v) is 2.00. The molecule has 88 valence electrons. The van der Waals surface area contributed by atoms with Gasteiger partial charge in [0.1, 0.15) is 10.7 Å². The molecule has 0 radical (unpaired) electrons.